The van der Waals surface area contributed by atoms with E-state index >= 15 is 0 Å². The zero-order chi connectivity index (χ0) is 9.97. The van der Waals surface area contributed by atoms with Gasteiger partial charge in [-0.15, -0.1) is 0 Å². The van der Waals surface area contributed by atoms with Crippen molar-refractivity contribution >= 4 is 5.91 Å². The van der Waals surface area contributed by atoms with Crippen LogP contribution in [0.25, 0.3) is 0 Å². The van der Waals surface area contributed by atoms with Gasteiger partial charge in [0.15, 0.2) is 0 Å². The molecule has 0 radical (unpaired) electrons. The maximum absolute atomic E-state index is 11.8. The van der Waals surface area contributed by atoms with Crippen molar-refractivity contribution in [3.05, 3.63) is 0 Å². The summed E-state index contributed by atoms with van der Waals surface area (Å²) in [6, 6.07) is -0.214. The highest BCUT2D eigenvalue weighted by molar-refractivity contribution is 5.82. The Kier molecular flexibility index (Phi) is 3.00. The standard InChI is InChI=1S/C9H16N2O3/c12-7-1-3-11(5-7)9(13)8-6-14-4-2-10-8/h7-8,10,12H,1-6H2/t7-,8+/m0/s1. The molecule has 5 heteroatoms. The summed E-state index contributed by atoms with van der Waals surface area (Å²) >= 11 is 0. The normalized spacial score (nSPS) is 33.4. The topological polar surface area (TPSA) is 61.8 Å². The highest BCUT2D eigenvalue weighted by Gasteiger charge is 2.30. The summed E-state index contributed by atoms with van der Waals surface area (Å²) in [7, 11) is 0. The molecule has 0 aromatic carbocycles. The molecule has 0 aromatic heterocycles. The molecule has 0 aliphatic carbocycles. The first-order valence-electron chi connectivity index (χ1n) is 5.05. The highest BCUT2D eigenvalue weighted by atomic mass is 16.5. The second-order valence-corrected chi connectivity index (χ2v) is 3.81. The van der Waals surface area contributed by atoms with Gasteiger partial charge in [0.25, 0.3) is 0 Å². The molecular weight excluding hydrogens is 184 g/mol. The number of nitrogens with zero attached hydrogens (tertiary/aromatic N) is 1. The van der Waals surface area contributed by atoms with Crippen molar-refractivity contribution in [3.63, 3.8) is 0 Å². The van der Waals surface area contributed by atoms with Gasteiger partial charge in [-0.05, 0) is 6.42 Å². The van der Waals surface area contributed by atoms with Crippen LogP contribution in [0, 0.1) is 0 Å². The Morgan fingerprint density at radius 1 is 1.57 bits per heavy atom. The van der Waals surface area contributed by atoms with Gasteiger partial charge in [0.1, 0.15) is 6.04 Å². The van der Waals surface area contributed by atoms with E-state index < -0.39 is 0 Å². The van der Waals surface area contributed by atoms with Crippen LogP contribution in [0.1, 0.15) is 6.42 Å². The van der Waals surface area contributed by atoms with Crippen LogP contribution >= 0.6 is 0 Å². The molecule has 80 valence electrons. The van der Waals surface area contributed by atoms with Crippen molar-refractivity contribution in [2.24, 2.45) is 0 Å². The first-order valence-corrected chi connectivity index (χ1v) is 5.05. The van der Waals surface area contributed by atoms with Crippen LogP contribution in [0.5, 0.6) is 0 Å². The predicted octanol–water partition coefficient (Wildman–Crippen LogP) is -1.43. The molecule has 1 amide bonds. The fourth-order valence-electron chi connectivity index (χ4n) is 1.89. The molecule has 5 nitrogen and oxygen atoms in total. The second-order valence-electron chi connectivity index (χ2n) is 3.81. The van der Waals surface area contributed by atoms with E-state index in [1.54, 1.807) is 4.90 Å². The summed E-state index contributed by atoms with van der Waals surface area (Å²) in [6.07, 6.45) is 0.350. The van der Waals surface area contributed by atoms with Crippen molar-refractivity contribution in [3.8, 4) is 0 Å². The number of rotatable bonds is 1. The number of likely N-dealkylation sites (tertiary alicyclic amines) is 1. The van der Waals surface area contributed by atoms with Crippen LogP contribution in [0.3, 0.4) is 0 Å². The van der Waals surface area contributed by atoms with E-state index in [9.17, 15) is 9.90 Å². The van der Waals surface area contributed by atoms with Crippen LogP contribution in [0.15, 0.2) is 0 Å². The number of carbonyl (C=O) groups is 1. The Labute approximate surface area is 83.0 Å². The number of nitrogens with one attached hydrogen (secondary N) is 1. The lowest BCUT2D eigenvalue weighted by molar-refractivity contribution is -0.135. The molecule has 2 heterocycles. The van der Waals surface area contributed by atoms with E-state index in [1.807, 2.05) is 0 Å². The quantitative estimate of drug-likeness (QED) is 0.544. The van der Waals surface area contributed by atoms with Crippen molar-refractivity contribution in [1.29, 1.82) is 0 Å². The molecule has 2 aliphatic heterocycles. The third kappa shape index (κ3) is 2.05. The van der Waals surface area contributed by atoms with Crippen LogP contribution in [0.2, 0.25) is 0 Å². The molecule has 0 spiro atoms. The van der Waals surface area contributed by atoms with Gasteiger partial charge >= 0.3 is 0 Å². The molecule has 0 bridgehead atoms. The zero-order valence-electron chi connectivity index (χ0n) is 8.11. The largest absolute Gasteiger partial charge is 0.391 e. The monoisotopic (exact) mass is 200 g/mol. The van der Waals surface area contributed by atoms with Gasteiger partial charge in [-0.1, -0.05) is 0 Å². The maximum Gasteiger partial charge on any atom is 0.242 e. The van der Waals surface area contributed by atoms with E-state index in [2.05, 4.69) is 5.32 Å². The van der Waals surface area contributed by atoms with Gasteiger partial charge in [-0.3, -0.25) is 4.79 Å². The number of amides is 1. The maximum atomic E-state index is 11.8. The summed E-state index contributed by atoms with van der Waals surface area (Å²) < 4.78 is 5.22. The van der Waals surface area contributed by atoms with Crippen molar-refractivity contribution < 1.29 is 14.6 Å². The predicted molar refractivity (Wildman–Crippen MR) is 49.8 cm³/mol. The highest BCUT2D eigenvalue weighted by Crippen LogP contribution is 2.11. The fourth-order valence-corrected chi connectivity index (χ4v) is 1.89. The van der Waals surface area contributed by atoms with Crippen molar-refractivity contribution in [1.82, 2.24) is 10.2 Å². The molecule has 0 unspecified atom stereocenters. The lowest BCUT2D eigenvalue weighted by atomic mass is 10.2. The average Bonchev–Trinajstić information content (AvgIpc) is 2.65. The number of hydrogen-bond donors (Lipinski definition) is 2. The Hall–Kier alpha value is -0.650. The summed E-state index contributed by atoms with van der Waals surface area (Å²) in [4.78, 5) is 13.5. The van der Waals surface area contributed by atoms with E-state index in [0.717, 1.165) is 6.54 Å². The summed E-state index contributed by atoms with van der Waals surface area (Å²) in [5.74, 6) is 0.0567. The molecule has 2 rings (SSSR count). The molecular formula is C9H16N2O3. The third-order valence-electron chi connectivity index (χ3n) is 2.69. The number of morpholine rings is 1. The minimum absolute atomic E-state index is 0.0567. The number of carbonyl (C=O) groups excluding carboxylic acids is 1. The van der Waals surface area contributed by atoms with Crippen molar-refractivity contribution in [2.75, 3.05) is 32.8 Å². The molecule has 0 saturated carbocycles. The second kappa shape index (κ2) is 4.25. The smallest absolute Gasteiger partial charge is 0.242 e. The van der Waals surface area contributed by atoms with Crippen LogP contribution in [0.4, 0.5) is 0 Å². The van der Waals surface area contributed by atoms with E-state index in [1.165, 1.54) is 0 Å². The number of aliphatic hydroxyl groups is 1. The SMILES string of the molecule is O=C([C@H]1COCCN1)N1CC[C@H](O)C1. The number of hydrogen-bond acceptors (Lipinski definition) is 4. The zero-order valence-corrected chi connectivity index (χ0v) is 8.11. The minimum atomic E-state index is -0.344. The van der Waals surface area contributed by atoms with Gasteiger partial charge in [0, 0.05) is 19.6 Å². The lowest BCUT2D eigenvalue weighted by Crippen LogP contribution is -2.52. The van der Waals surface area contributed by atoms with Gasteiger partial charge in [0.05, 0.1) is 19.3 Å². The Balaban J connectivity index is 1.87. The van der Waals surface area contributed by atoms with E-state index in [4.69, 9.17) is 4.74 Å². The van der Waals surface area contributed by atoms with Crippen LogP contribution in [-0.4, -0.2) is 60.9 Å². The number of ether oxygens (including phenoxy) is 1. The Morgan fingerprint density at radius 2 is 2.43 bits per heavy atom. The summed E-state index contributed by atoms with van der Waals surface area (Å²) in [5.41, 5.74) is 0. The van der Waals surface area contributed by atoms with Gasteiger partial charge in [-0.2, -0.15) is 0 Å². The first-order chi connectivity index (χ1) is 6.77. The average molecular weight is 200 g/mol. The first kappa shape index (κ1) is 9.89. The molecule has 14 heavy (non-hydrogen) atoms. The molecule has 2 aliphatic rings. The molecule has 2 atom stereocenters. The lowest BCUT2D eigenvalue weighted by Gasteiger charge is -2.27. The summed E-state index contributed by atoms with van der Waals surface area (Å²) in [6.45, 7) is 2.99. The van der Waals surface area contributed by atoms with E-state index in [0.29, 0.717) is 32.7 Å². The molecule has 0 aromatic rings. The summed E-state index contributed by atoms with van der Waals surface area (Å²) in [5, 5.41) is 12.4. The molecule has 2 fully saturated rings. The molecule has 2 N–H and O–H groups in total. The van der Waals surface area contributed by atoms with Gasteiger partial charge in [-0.25, -0.2) is 0 Å². The van der Waals surface area contributed by atoms with Gasteiger partial charge in [0.2, 0.25) is 5.91 Å². The number of β-amino-alcohol motifs (C(OH)–C–C–N with tert-alkyl or cyclic N) is 1. The fraction of sp³-hybridized carbons (Fsp3) is 0.889. The van der Waals surface area contributed by atoms with Crippen molar-refractivity contribution in [2.45, 2.75) is 18.6 Å². The molecule has 2 saturated heterocycles. The Bertz CT molecular complexity index is 209. The third-order valence-corrected chi connectivity index (χ3v) is 2.69. The van der Waals surface area contributed by atoms with E-state index in [-0.39, 0.29) is 18.1 Å². The van der Waals surface area contributed by atoms with Crippen LogP contribution < -0.4 is 5.32 Å². The Morgan fingerprint density at radius 3 is 3.00 bits per heavy atom. The van der Waals surface area contributed by atoms with Gasteiger partial charge < -0.3 is 20.1 Å². The van der Waals surface area contributed by atoms with Crippen LogP contribution in [-0.2, 0) is 9.53 Å². The minimum Gasteiger partial charge on any atom is -0.391 e. The number of aliphatic hydroxyl groups excluding tert-OH is 1.